The van der Waals surface area contributed by atoms with Gasteiger partial charge >= 0.3 is 0 Å². The summed E-state index contributed by atoms with van der Waals surface area (Å²) in [5.74, 6) is -0.149. The summed E-state index contributed by atoms with van der Waals surface area (Å²) in [7, 11) is 1.92. The van der Waals surface area contributed by atoms with E-state index in [1.54, 1.807) is 6.07 Å². The van der Waals surface area contributed by atoms with E-state index in [1.165, 1.54) is 17.2 Å². The van der Waals surface area contributed by atoms with E-state index in [1.807, 2.05) is 20.0 Å². The number of aryl methyl sites for hydroxylation is 1. The molecule has 94 valence electrons. The normalized spacial score (nSPS) is 10.7. The molecule has 0 aliphatic heterocycles. The minimum absolute atomic E-state index is 0.149. The molecule has 0 fully saturated rings. The van der Waals surface area contributed by atoms with E-state index >= 15 is 0 Å². The summed E-state index contributed by atoms with van der Waals surface area (Å²) in [5, 5.41) is 3.15. The van der Waals surface area contributed by atoms with Crippen molar-refractivity contribution in [2.45, 2.75) is 20.4 Å². The smallest absolute Gasteiger partial charge is 0.126 e. The number of halogens is 1. The molecule has 0 heterocycles. The van der Waals surface area contributed by atoms with Crippen LogP contribution in [0.1, 0.15) is 16.7 Å². The van der Waals surface area contributed by atoms with E-state index in [0.29, 0.717) is 5.56 Å². The summed E-state index contributed by atoms with van der Waals surface area (Å²) in [5.41, 5.74) is 5.18. The van der Waals surface area contributed by atoms with E-state index in [9.17, 15) is 4.39 Å². The molecule has 0 aromatic heterocycles. The zero-order valence-electron chi connectivity index (χ0n) is 11.0. The van der Waals surface area contributed by atoms with Gasteiger partial charge in [-0.1, -0.05) is 35.9 Å². The number of hydrogen-bond donors (Lipinski definition) is 1. The number of hydrogen-bond acceptors (Lipinski definition) is 1. The average molecular weight is 243 g/mol. The quantitative estimate of drug-likeness (QED) is 0.864. The first kappa shape index (κ1) is 12.8. The zero-order valence-corrected chi connectivity index (χ0v) is 11.0. The van der Waals surface area contributed by atoms with Gasteiger partial charge in [-0.05, 0) is 49.2 Å². The van der Waals surface area contributed by atoms with Crippen molar-refractivity contribution in [2.24, 2.45) is 0 Å². The monoisotopic (exact) mass is 243 g/mol. The van der Waals surface area contributed by atoms with E-state index < -0.39 is 0 Å². The van der Waals surface area contributed by atoms with E-state index in [2.05, 4.69) is 30.4 Å². The predicted octanol–water partition coefficient (Wildman–Crippen LogP) is 3.83. The summed E-state index contributed by atoms with van der Waals surface area (Å²) >= 11 is 0. The van der Waals surface area contributed by atoms with Crippen LogP contribution in [0.4, 0.5) is 4.39 Å². The topological polar surface area (TPSA) is 12.0 Å². The molecule has 1 nitrogen and oxygen atoms in total. The fraction of sp³-hybridized carbons (Fsp3) is 0.250. The van der Waals surface area contributed by atoms with Gasteiger partial charge in [0.1, 0.15) is 5.82 Å². The Balaban J connectivity index is 2.61. The van der Waals surface area contributed by atoms with Crippen LogP contribution in [0.15, 0.2) is 36.4 Å². The Morgan fingerprint density at radius 1 is 1.06 bits per heavy atom. The molecular formula is C16H18FN. The molecule has 0 amide bonds. The maximum atomic E-state index is 13.7. The SMILES string of the molecule is CNCc1ccc(C)cc1-c1cccc(F)c1C. The van der Waals surface area contributed by atoms with Crippen molar-refractivity contribution in [1.29, 1.82) is 0 Å². The Labute approximate surface area is 108 Å². The maximum Gasteiger partial charge on any atom is 0.126 e. The largest absolute Gasteiger partial charge is 0.316 e. The molecule has 0 saturated heterocycles. The van der Waals surface area contributed by atoms with Gasteiger partial charge in [-0.2, -0.15) is 0 Å². The van der Waals surface area contributed by atoms with Crippen LogP contribution in [0.5, 0.6) is 0 Å². The first-order valence-electron chi connectivity index (χ1n) is 6.13. The first-order valence-corrected chi connectivity index (χ1v) is 6.13. The molecule has 0 aliphatic rings. The summed E-state index contributed by atoms with van der Waals surface area (Å²) in [6.07, 6.45) is 0. The van der Waals surface area contributed by atoms with Crippen molar-refractivity contribution in [3.63, 3.8) is 0 Å². The second-order valence-corrected chi connectivity index (χ2v) is 4.60. The second kappa shape index (κ2) is 5.32. The molecule has 0 atom stereocenters. The number of benzene rings is 2. The van der Waals surface area contributed by atoms with Crippen molar-refractivity contribution in [1.82, 2.24) is 5.32 Å². The highest BCUT2D eigenvalue weighted by Gasteiger charge is 2.10. The Bertz CT molecular complexity index is 561. The molecule has 2 heteroatoms. The van der Waals surface area contributed by atoms with E-state index in [-0.39, 0.29) is 5.82 Å². The maximum absolute atomic E-state index is 13.7. The van der Waals surface area contributed by atoms with Gasteiger partial charge in [0.2, 0.25) is 0 Å². The van der Waals surface area contributed by atoms with Crippen LogP contribution in [-0.4, -0.2) is 7.05 Å². The molecule has 0 radical (unpaired) electrons. The van der Waals surface area contributed by atoms with Gasteiger partial charge in [-0.15, -0.1) is 0 Å². The van der Waals surface area contributed by atoms with Gasteiger partial charge in [0.05, 0.1) is 0 Å². The Morgan fingerprint density at radius 2 is 1.83 bits per heavy atom. The fourth-order valence-electron chi connectivity index (χ4n) is 2.18. The van der Waals surface area contributed by atoms with Crippen LogP contribution in [0.3, 0.4) is 0 Å². The number of nitrogens with one attached hydrogen (secondary N) is 1. The second-order valence-electron chi connectivity index (χ2n) is 4.60. The zero-order chi connectivity index (χ0) is 13.1. The molecule has 0 unspecified atom stereocenters. The van der Waals surface area contributed by atoms with Crippen molar-refractivity contribution < 1.29 is 4.39 Å². The van der Waals surface area contributed by atoms with Crippen molar-refractivity contribution in [2.75, 3.05) is 7.05 Å². The lowest BCUT2D eigenvalue weighted by molar-refractivity contribution is 0.619. The Morgan fingerprint density at radius 3 is 2.56 bits per heavy atom. The third-order valence-electron chi connectivity index (χ3n) is 3.19. The molecule has 1 N–H and O–H groups in total. The van der Waals surface area contributed by atoms with Crippen molar-refractivity contribution >= 4 is 0 Å². The molecule has 2 aromatic rings. The van der Waals surface area contributed by atoms with Gasteiger partial charge < -0.3 is 5.32 Å². The standard InChI is InChI=1S/C16H18FN/c1-11-7-8-13(10-18-3)15(9-11)14-5-4-6-16(17)12(14)2/h4-9,18H,10H2,1-3H3. The van der Waals surface area contributed by atoms with Crippen molar-refractivity contribution in [3.05, 3.63) is 58.9 Å². The first-order chi connectivity index (χ1) is 8.63. The molecule has 18 heavy (non-hydrogen) atoms. The molecule has 2 aromatic carbocycles. The predicted molar refractivity (Wildman–Crippen MR) is 74.1 cm³/mol. The van der Waals surface area contributed by atoms with Gasteiger partial charge in [-0.3, -0.25) is 0 Å². The number of rotatable bonds is 3. The Hall–Kier alpha value is -1.67. The highest BCUT2D eigenvalue weighted by Crippen LogP contribution is 2.29. The molecule has 0 spiro atoms. The van der Waals surface area contributed by atoms with Crippen LogP contribution in [0, 0.1) is 19.7 Å². The lowest BCUT2D eigenvalue weighted by Gasteiger charge is -2.13. The van der Waals surface area contributed by atoms with Crippen LogP contribution in [0.2, 0.25) is 0 Å². The van der Waals surface area contributed by atoms with E-state index in [4.69, 9.17) is 0 Å². The molecule has 2 rings (SSSR count). The van der Waals surface area contributed by atoms with Crippen LogP contribution in [-0.2, 0) is 6.54 Å². The summed E-state index contributed by atoms with van der Waals surface area (Å²) in [4.78, 5) is 0. The van der Waals surface area contributed by atoms with Gasteiger partial charge in [0.25, 0.3) is 0 Å². The fourth-order valence-corrected chi connectivity index (χ4v) is 2.18. The summed E-state index contributed by atoms with van der Waals surface area (Å²) < 4.78 is 13.7. The lowest BCUT2D eigenvalue weighted by Crippen LogP contribution is -2.07. The third-order valence-corrected chi connectivity index (χ3v) is 3.19. The third kappa shape index (κ3) is 2.44. The molecule has 0 aliphatic carbocycles. The molecule has 0 bridgehead atoms. The molecule has 0 saturated carbocycles. The average Bonchev–Trinajstić information content (AvgIpc) is 2.35. The summed E-state index contributed by atoms with van der Waals surface area (Å²) in [6, 6.07) is 11.6. The van der Waals surface area contributed by atoms with Crippen LogP contribution < -0.4 is 5.32 Å². The molecular weight excluding hydrogens is 225 g/mol. The Kier molecular flexibility index (Phi) is 3.78. The lowest BCUT2D eigenvalue weighted by atomic mass is 9.94. The van der Waals surface area contributed by atoms with E-state index in [0.717, 1.165) is 17.7 Å². The summed E-state index contributed by atoms with van der Waals surface area (Å²) in [6.45, 7) is 4.67. The minimum atomic E-state index is -0.149. The van der Waals surface area contributed by atoms with Crippen LogP contribution in [0.25, 0.3) is 11.1 Å². The van der Waals surface area contributed by atoms with Gasteiger partial charge in [-0.25, -0.2) is 4.39 Å². The van der Waals surface area contributed by atoms with Crippen LogP contribution >= 0.6 is 0 Å². The minimum Gasteiger partial charge on any atom is -0.316 e. The highest BCUT2D eigenvalue weighted by molar-refractivity contribution is 5.71. The van der Waals surface area contributed by atoms with Gasteiger partial charge in [0, 0.05) is 6.54 Å². The van der Waals surface area contributed by atoms with Crippen molar-refractivity contribution in [3.8, 4) is 11.1 Å². The van der Waals surface area contributed by atoms with Gasteiger partial charge in [0.15, 0.2) is 0 Å². The highest BCUT2D eigenvalue weighted by atomic mass is 19.1.